The van der Waals surface area contributed by atoms with Crippen molar-refractivity contribution in [2.45, 2.75) is 6.10 Å². The van der Waals surface area contributed by atoms with Crippen molar-refractivity contribution < 1.29 is 14.3 Å². The number of nitrogens with zero attached hydrogens (tertiary/aromatic N) is 2. The van der Waals surface area contributed by atoms with E-state index in [1.165, 1.54) is 0 Å². The third-order valence-corrected chi connectivity index (χ3v) is 4.77. The standard InChI is InChI=1S/C21H26N2O3.2ClH/c1-22-12-14-23(15-13-22)16-20(17-8-4-3-5-9-17)26-21(24)18-10-6-7-11-19(18)25-2;;/h3-11,20H,12-16H2,1-2H3;2*1H. The molecule has 154 valence electrons. The van der Waals surface area contributed by atoms with Gasteiger partial charge in [0, 0.05) is 32.7 Å². The van der Waals surface area contributed by atoms with Crippen LogP contribution in [0.2, 0.25) is 0 Å². The minimum absolute atomic E-state index is 0. The van der Waals surface area contributed by atoms with Crippen molar-refractivity contribution in [1.82, 2.24) is 9.80 Å². The van der Waals surface area contributed by atoms with Gasteiger partial charge in [-0.2, -0.15) is 0 Å². The lowest BCUT2D eigenvalue weighted by atomic mass is 10.1. The highest BCUT2D eigenvalue weighted by Crippen LogP contribution is 2.24. The highest BCUT2D eigenvalue weighted by Gasteiger charge is 2.24. The van der Waals surface area contributed by atoms with Crippen LogP contribution in [0.3, 0.4) is 0 Å². The molecule has 0 amide bonds. The lowest BCUT2D eigenvalue weighted by Gasteiger charge is -2.34. The quantitative estimate of drug-likeness (QED) is 0.658. The molecule has 0 spiro atoms. The zero-order valence-electron chi connectivity index (χ0n) is 16.2. The Morgan fingerprint density at radius 2 is 1.57 bits per heavy atom. The number of para-hydroxylation sites is 1. The molecule has 1 heterocycles. The van der Waals surface area contributed by atoms with Gasteiger partial charge in [0.1, 0.15) is 17.4 Å². The zero-order chi connectivity index (χ0) is 18.4. The predicted octanol–water partition coefficient (Wildman–Crippen LogP) is 3.68. The molecule has 2 aromatic rings. The number of carbonyl (C=O) groups excluding carboxylic acids is 1. The Kier molecular flexibility index (Phi) is 10.3. The van der Waals surface area contributed by atoms with Gasteiger partial charge < -0.3 is 14.4 Å². The first-order valence-electron chi connectivity index (χ1n) is 8.97. The van der Waals surface area contributed by atoms with Crippen molar-refractivity contribution in [3.05, 3.63) is 65.7 Å². The van der Waals surface area contributed by atoms with Gasteiger partial charge in [0.2, 0.25) is 0 Å². The normalized spacial score (nSPS) is 15.6. The van der Waals surface area contributed by atoms with Crippen LogP contribution < -0.4 is 4.74 Å². The molecule has 0 aliphatic carbocycles. The van der Waals surface area contributed by atoms with Gasteiger partial charge in [-0.3, -0.25) is 4.90 Å². The number of benzene rings is 2. The summed E-state index contributed by atoms with van der Waals surface area (Å²) < 4.78 is 11.2. The maximum Gasteiger partial charge on any atom is 0.342 e. The van der Waals surface area contributed by atoms with E-state index in [9.17, 15) is 4.79 Å². The number of methoxy groups -OCH3 is 1. The first-order valence-corrected chi connectivity index (χ1v) is 8.97. The number of carbonyl (C=O) groups is 1. The fourth-order valence-corrected chi connectivity index (χ4v) is 3.15. The third-order valence-electron chi connectivity index (χ3n) is 4.77. The molecule has 1 aliphatic rings. The number of likely N-dealkylation sites (N-methyl/N-ethyl adjacent to an activating group) is 1. The minimum Gasteiger partial charge on any atom is -0.496 e. The van der Waals surface area contributed by atoms with Crippen LogP contribution in [0.4, 0.5) is 0 Å². The topological polar surface area (TPSA) is 42.0 Å². The van der Waals surface area contributed by atoms with Gasteiger partial charge in [0.15, 0.2) is 0 Å². The van der Waals surface area contributed by atoms with E-state index in [1.807, 2.05) is 42.5 Å². The largest absolute Gasteiger partial charge is 0.496 e. The van der Waals surface area contributed by atoms with Crippen molar-refractivity contribution in [2.75, 3.05) is 46.9 Å². The lowest BCUT2D eigenvalue weighted by Crippen LogP contribution is -2.46. The van der Waals surface area contributed by atoms with Crippen LogP contribution in [0.15, 0.2) is 54.6 Å². The van der Waals surface area contributed by atoms with Crippen LogP contribution in [0.1, 0.15) is 22.0 Å². The number of ether oxygens (including phenoxy) is 2. The van der Waals surface area contributed by atoms with Gasteiger partial charge in [-0.15, -0.1) is 24.8 Å². The van der Waals surface area contributed by atoms with E-state index in [0.29, 0.717) is 17.9 Å². The molecular weight excluding hydrogens is 399 g/mol. The van der Waals surface area contributed by atoms with Crippen LogP contribution in [0.25, 0.3) is 0 Å². The minimum atomic E-state index is -0.356. The summed E-state index contributed by atoms with van der Waals surface area (Å²) in [5, 5.41) is 0. The van der Waals surface area contributed by atoms with Gasteiger partial charge in [-0.05, 0) is 24.7 Å². The second-order valence-electron chi connectivity index (χ2n) is 6.61. The summed E-state index contributed by atoms with van der Waals surface area (Å²) in [5.41, 5.74) is 1.46. The van der Waals surface area contributed by atoms with Crippen LogP contribution in [0.5, 0.6) is 5.75 Å². The molecule has 0 N–H and O–H groups in total. The summed E-state index contributed by atoms with van der Waals surface area (Å²) in [6.07, 6.45) is -0.308. The average Bonchev–Trinajstić information content (AvgIpc) is 2.69. The fraction of sp³-hybridized carbons (Fsp3) is 0.381. The second-order valence-corrected chi connectivity index (χ2v) is 6.61. The number of hydrogen-bond acceptors (Lipinski definition) is 5. The summed E-state index contributed by atoms with van der Waals surface area (Å²) in [6, 6.07) is 17.1. The molecule has 0 saturated carbocycles. The SMILES string of the molecule is COc1ccccc1C(=O)OC(CN1CCN(C)CC1)c1ccccc1.Cl.Cl. The van der Waals surface area contributed by atoms with E-state index in [1.54, 1.807) is 19.2 Å². The number of hydrogen-bond donors (Lipinski definition) is 0. The van der Waals surface area contributed by atoms with E-state index in [-0.39, 0.29) is 36.9 Å². The van der Waals surface area contributed by atoms with Crippen molar-refractivity contribution in [2.24, 2.45) is 0 Å². The predicted molar refractivity (Wildman–Crippen MR) is 116 cm³/mol. The summed E-state index contributed by atoms with van der Waals surface area (Å²) in [4.78, 5) is 17.4. The van der Waals surface area contributed by atoms with Crippen molar-refractivity contribution in [1.29, 1.82) is 0 Å². The Labute approximate surface area is 179 Å². The Morgan fingerprint density at radius 3 is 2.21 bits per heavy atom. The summed E-state index contributed by atoms with van der Waals surface area (Å²) in [7, 11) is 3.69. The maximum atomic E-state index is 12.8. The maximum absolute atomic E-state index is 12.8. The molecule has 0 radical (unpaired) electrons. The fourth-order valence-electron chi connectivity index (χ4n) is 3.15. The third kappa shape index (κ3) is 6.38. The van der Waals surface area contributed by atoms with Gasteiger partial charge >= 0.3 is 5.97 Å². The Hall–Kier alpha value is -1.79. The molecule has 1 atom stereocenters. The number of piperazine rings is 1. The zero-order valence-corrected chi connectivity index (χ0v) is 17.9. The van der Waals surface area contributed by atoms with Crippen LogP contribution in [0, 0.1) is 0 Å². The van der Waals surface area contributed by atoms with E-state index in [2.05, 4.69) is 16.8 Å². The number of esters is 1. The number of rotatable bonds is 6. The summed E-state index contributed by atoms with van der Waals surface area (Å²) in [5.74, 6) is 0.175. The molecule has 0 bridgehead atoms. The van der Waals surface area contributed by atoms with Crippen LogP contribution in [-0.2, 0) is 4.74 Å². The van der Waals surface area contributed by atoms with E-state index in [0.717, 1.165) is 31.7 Å². The summed E-state index contributed by atoms with van der Waals surface area (Å²) in [6.45, 7) is 4.71. The molecule has 7 heteroatoms. The van der Waals surface area contributed by atoms with E-state index in [4.69, 9.17) is 9.47 Å². The molecule has 1 aliphatic heterocycles. The van der Waals surface area contributed by atoms with Gasteiger partial charge in [-0.25, -0.2) is 4.79 Å². The first kappa shape index (κ1) is 24.2. The lowest BCUT2D eigenvalue weighted by molar-refractivity contribution is 0.0145. The summed E-state index contributed by atoms with van der Waals surface area (Å²) >= 11 is 0. The molecule has 1 fully saturated rings. The highest BCUT2D eigenvalue weighted by molar-refractivity contribution is 5.92. The molecule has 5 nitrogen and oxygen atoms in total. The van der Waals surface area contributed by atoms with Gasteiger partial charge in [0.25, 0.3) is 0 Å². The van der Waals surface area contributed by atoms with Gasteiger partial charge in [-0.1, -0.05) is 42.5 Å². The second kappa shape index (κ2) is 11.9. The molecule has 1 unspecified atom stereocenters. The Balaban J connectivity index is 0.00000196. The van der Waals surface area contributed by atoms with Crippen LogP contribution >= 0.6 is 24.8 Å². The first-order chi connectivity index (χ1) is 12.7. The molecule has 3 rings (SSSR count). The van der Waals surface area contributed by atoms with Crippen LogP contribution in [-0.4, -0.2) is 62.7 Å². The molecular formula is C21H28Cl2N2O3. The highest BCUT2D eigenvalue weighted by atomic mass is 35.5. The monoisotopic (exact) mass is 426 g/mol. The average molecular weight is 427 g/mol. The van der Waals surface area contributed by atoms with Gasteiger partial charge in [0.05, 0.1) is 7.11 Å². The smallest absolute Gasteiger partial charge is 0.342 e. The molecule has 0 aromatic heterocycles. The van der Waals surface area contributed by atoms with E-state index < -0.39 is 0 Å². The number of halogens is 2. The van der Waals surface area contributed by atoms with Crippen molar-refractivity contribution >= 4 is 30.8 Å². The van der Waals surface area contributed by atoms with E-state index >= 15 is 0 Å². The van der Waals surface area contributed by atoms with Crippen molar-refractivity contribution in [3.63, 3.8) is 0 Å². The molecule has 28 heavy (non-hydrogen) atoms. The molecule has 1 saturated heterocycles. The molecule has 2 aromatic carbocycles. The van der Waals surface area contributed by atoms with Crippen molar-refractivity contribution in [3.8, 4) is 5.75 Å². The Bertz CT molecular complexity index is 723. The Morgan fingerprint density at radius 1 is 0.964 bits per heavy atom.